The first-order chi connectivity index (χ1) is 13.7. The van der Waals surface area contributed by atoms with Crippen molar-refractivity contribution in [3.8, 4) is 22.0 Å². The summed E-state index contributed by atoms with van der Waals surface area (Å²) in [6.45, 7) is 0. The summed E-state index contributed by atoms with van der Waals surface area (Å²) in [4.78, 5) is 17.8. The van der Waals surface area contributed by atoms with Gasteiger partial charge in [0.15, 0.2) is 10.3 Å². The monoisotopic (exact) mass is 429 g/mol. The third-order valence-corrected chi connectivity index (χ3v) is 6.32. The van der Waals surface area contributed by atoms with E-state index in [1.54, 1.807) is 24.8 Å². The van der Waals surface area contributed by atoms with Crippen LogP contribution in [0, 0.1) is 0 Å². The van der Waals surface area contributed by atoms with E-state index in [1.807, 2.05) is 51.7 Å². The molecule has 1 amide bonds. The standard InChI is InChI=1S/C18H15N5O2S3/c1-25-13-6-4-12(5-7-13)23-11-19-22-18(23)28-10-16(24)21-17-20-14(9-27-17)15-3-2-8-26-15/h2-9,11H,10H2,1H3,(H,20,21,24). The number of carbonyl (C=O) groups excluding carboxylic acids is 1. The number of amides is 1. The van der Waals surface area contributed by atoms with E-state index in [0.717, 1.165) is 22.0 Å². The Hall–Kier alpha value is -2.69. The van der Waals surface area contributed by atoms with Crippen LogP contribution in [0.4, 0.5) is 5.13 Å². The van der Waals surface area contributed by atoms with E-state index < -0.39 is 0 Å². The smallest absolute Gasteiger partial charge is 0.236 e. The van der Waals surface area contributed by atoms with Crippen LogP contribution in [-0.4, -0.2) is 38.5 Å². The van der Waals surface area contributed by atoms with Crippen molar-refractivity contribution in [2.24, 2.45) is 0 Å². The molecule has 0 radical (unpaired) electrons. The maximum Gasteiger partial charge on any atom is 0.236 e. The van der Waals surface area contributed by atoms with Gasteiger partial charge in [-0.05, 0) is 35.7 Å². The summed E-state index contributed by atoms with van der Waals surface area (Å²) < 4.78 is 7.00. The van der Waals surface area contributed by atoms with Gasteiger partial charge in [0.1, 0.15) is 12.1 Å². The fraction of sp³-hybridized carbons (Fsp3) is 0.111. The van der Waals surface area contributed by atoms with Crippen molar-refractivity contribution in [1.29, 1.82) is 0 Å². The van der Waals surface area contributed by atoms with E-state index in [9.17, 15) is 4.79 Å². The minimum atomic E-state index is -0.138. The number of hydrogen-bond donors (Lipinski definition) is 1. The highest BCUT2D eigenvalue weighted by Gasteiger charge is 2.12. The van der Waals surface area contributed by atoms with E-state index in [0.29, 0.717) is 10.3 Å². The largest absolute Gasteiger partial charge is 0.497 e. The number of methoxy groups -OCH3 is 1. The predicted molar refractivity (Wildman–Crippen MR) is 113 cm³/mol. The van der Waals surface area contributed by atoms with E-state index in [2.05, 4.69) is 20.5 Å². The number of thiophene rings is 1. The third kappa shape index (κ3) is 4.24. The van der Waals surface area contributed by atoms with Gasteiger partial charge < -0.3 is 10.1 Å². The average Bonchev–Trinajstić information content (AvgIpc) is 3.47. The van der Waals surface area contributed by atoms with Crippen LogP contribution in [0.15, 0.2) is 58.6 Å². The van der Waals surface area contributed by atoms with Crippen LogP contribution >= 0.6 is 34.4 Å². The van der Waals surface area contributed by atoms with Crippen molar-refractivity contribution in [3.63, 3.8) is 0 Å². The molecule has 0 aliphatic rings. The van der Waals surface area contributed by atoms with E-state index in [-0.39, 0.29) is 11.7 Å². The number of hydrogen-bond acceptors (Lipinski definition) is 8. The number of carbonyl (C=O) groups is 1. The molecular formula is C18H15N5O2S3. The predicted octanol–water partition coefficient (Wildman–Crippen LogP) is 4.19. The molecule has 0 saturated carbocycles. The first kappa shape index (κ1) is 18.7. The molecule has 0 atom stereocenters. The molecule has 4 aromatic rings. The Bertz CT molecular complexity index is 1060. The van der Waals surface area contributed by atoms with Crippen molar-refractivity contribution in [2.75, 3.05) is 18.2 Å². The number of benzene rings is 1. The molecule has 1 aromatic carbocycles. The van der Waals surface area contributed by atoms with Crippen molar-refractivity contribution in [1.82, 2.24) is 19.7 Å². The highest BCUT2D eigenvalue weighted by atomic mass is 32.2. The Balaban J connectivity index is 1.37. The number of aromatic nitrogens is 4. The molecule has 4 rings (SSSR count). The Kier molecular flexibility index (Phi) is 5.70. The maximum absolute atomic E-state index is 12.3. The van der Waals surface area contributed by atoms with Crippen molar-refractivity contribution in [3.05, 3.63) is 53.5 Å². The number of ether oxygens (including phenoxy) is 1. The fourth-order valence-corrected chi connectivity index (χ4v) is 4.61. The van der Waals surface area contributed by atoms with Gasteiger partial charge in [0.25, 0.3) is 0 Å². The van der Waals surface area contributed by atoms with Gasteiger partial charge in [-0.15, -0.1) is 32.9 Å². The third-order valence-electron chi connectivity index (χ3n) is 3.72. The maximum atomic E-state index is 12.3. The molecule has 0 unspecified atom stereocenters. The van der Waals surface area contributed by atoms with Crippen LogP contribution < -0.4 is 10.1 Å². The van der Waals surface area contributed by atoms with Gasteiger partial charge in [0, 0.05) is 11.1 Å². The zero-order valence-electron chi connectivity index (χ0n) is 14.7. The number of nitrogens with zero attached hydrogens (tertiary/aromatic N) is 4. The molecule has 1 N–H and O–H groups in total. The lowest BCUT2D eigenvalue weighted by Gasteiger charge is -2.07. The van der Waals surface area contributed by atoms with Crippen LogP contribution in [0.1, 0.15) is 0 Å². The second-order valence-corrected chi connectivity index (χ2v) is 8.28. The lowest BCUT2D eigenvalue weighted by Crippen LogP contribution is -2.14. The molecule has 142 valence electrons. The van der Waals surface area contributed by atoms with Gasteiger partial charge in [-0.25, -0.2) is 4.98 Å². The first-order valence-electron chi connectivity index (χ1n) is 8.19. The fourth-order valence-electron chi connectivity index (χ4n) is 2.40. The quantitative estimate of drug-likeness (QED) is 0.444. The molecule has 7 nitrogen and oxygen atoms in total. The molecule has 3 heterocycles. The normalized spacial score (nSPS) is 10.8. The van der Waals surface area contributed by atoms with Crippen LogP contribution in [-0.2, 0) is 4.79 Å². The molecule has 0 bridgehead atoms. The Morgan fingerprint density at radius 3 is 2.86 bits per heavy atom. The van der Waals surface area contributed by atoms with Gasteiger partial charge in [-0.3, -0.25) is 9.36 Å². The molecule has 0 aliphatic carbocycles. The Labute approximate surface area is 173 Å². The number of rotatable bonds is 7. The van der Waals surface area contributed by atoms with Crippen LogP contribution in [0.2, 0.25) is 0 Å². The van der Waals surface area contributed by atoms with Crippen LogP contribution in [0.3, 0.4) is 0 Å². The number of thioether (sulfide) groups is 1. The highest BCUT2D eigenvalue weighted by molar-refractivity contribution is 7.99. The molecule has 0 fully saturated rings. The minimum Gasteiger partial charge on any atom is -0.497 e. The van der Waals surface area contributed by atoms with Crippen LogP contribution in [0.25, 0.3) is 16.3 Å². The molecule has 0 spiro atoms. The summed E-state index contributed by atoms with van der Waals surface area (Å²) in [5.74, 6) is 0.847. The molecule has 0 aliphatic heterocycles. The van der Waals surface area contributed by atoms with Crippen molar-refractivity contribution >= 4 is 45.5 Å². The summed E-state index contributed by atoms with van der Waals surface area (Å²) in [7, 11) is 1.62. The van der Waals surface area contributed by atoms with E-state index >= 15 is 0 Å². The van der Waals surface area contributed by atoms with E-state index in [1.165, 1.54) is 23.1 Å². The van der Waals surface area contributed by atoms with Gasteiger partial charge in [0.2, 0.25) is 5.91 Å². The lowest BCUT2D eigenvalue weighted by molar-refractivity contribution is -0.113. The first-order valence-corrected chi connectivity index (χ1v) is 10.9. The molecule has 10 heteroatoms. The zero-order chi connectivity index (χ0) is 19.3. The average molecular weight is 430 g/mol. The number of nitrogens with one attached hydrogen (secondary N) is 1. The zero-order valence-corrected chi connectivity index (χ0v) is 17.2. The van der Waals surface area contributed by atoms with Crippen molar-refractivity contribution < 1.29 is 9.53 Å². The Morgan fingerprint density at radius 2 is 2.11 bits per heavy atom. The SMILES string of the molecule is COc1ccc(-n2cnnc2SCC(=O)Nc2nc(-c3cccs3)cs2)cc1. The van der Waals surface area contributed by atoms with Gasteiger partial charge in [-0.2, -0.15) is 0 Å². The second kappa shape index (κ2) is 8.55. The highest BCUT2D eigenvalue weighted by Crippen LogP contribution is 2.28. The molecule has 28 heavy (non-hydrogen) atoms. The Morgan fingerprint density at radius 1 is 1.25 bits per heavy atom. The minimum absolute atomic E-state index is 0.138. The summed E-state index contributed by atoms with van der Waals surface area (Å²) in [6.07, 6.45) is 1.62. The van der Waals surface area contributed by atoms with Crippen molar-refractivity contribution in [2.45, 2.75) is 5.16 Å². The topological polar surface area (TPSA) is 81.9 Å². The lowest BCUT2D eigenvalue weighted by atomic mass is 10.3. The van der Waals surface area contributed by atoms with Crippen LogP contribution in [0.5, 0.6) is 5.75 Å². The second-order valence-electron chi connectivity index (χ2n) is 5.53. The van der Waals surface area contributed by atoms with Gasteiger partial charge in [-0.1, -0.05) is 17.8 Å². The van der Waals surface area contributed by atoms with E-state index in [4.69, 9.17) is 4.74 Å². The summed E-state index contributed by atoms with van der Waals surface area (Å²) in [5.41, 5.74) is 1.77. The number of thiazole rings is 1. The summed E-state index contributed by atoms with van der Waals surface area (Å²) >= 11 is 4.35. The van der Waals surface area contributed by atoms with Gasteiger partial charge >= 0.3 is 0 Å². The molecular weight excluding hydrogens is 414 g/mol. The molecule has 0 saturated heterocycles. The molecule has 3 aromatic heterocycles. The summed E-state index contributed by atoms with van der Waals surface area (Å²) in [5, 5.41) is 16.1. The summed E-state index contributed by atoms with van der Waals surface area (Å²) in [6, 6.07) is 11.5. The van der Waals surface area contributed by atoms with Gasteiger partial charge in [0.05, 0.1) is 23.4 Å². The number of anilines is 1.